The van der Waals surface area contributed by atoms with Crippen LogP contribution in [-0.2, 0) is 10.5 Å². The van der Waals surface area contributed by atoms with Crippen LogP contribution in [0.4, 0.5) is 4.39 Å². The quantitative estimate of drug-likeness (QED) is 0.794. The van der Waals surface area contributed by atoms with Crippen LogP contribution >= 0.6 is 11.8 Å². The molecule has 3 N–H and O–H groups in total. The Hall–Kier alpha value is -1.07. The van der Waals surface area contributed by atoms with Crippen molar-refractivity contribution in [2.24, 2.45) is 5.73 Å². The zero-order valence-electron chi connectivity index (χ0n) is 12.2. The monoisotopic (exact) mass is 310 g/mol. The Morgan fingerprint density at radius 2 is 2.00 bits per heavy atom. The van der Waals surface area contributed by atoms with Gasteiger partial charge in [-0.15, -0.1) is 0 Å². The zero-order valence-corrected chi connectivity index (χ0v) is 13.1. The van der Waals surface area contributed by atoms with E-state index in [9.17, 15) is 9.18 Å². The second-order valence-corrected chi connectivity index (χ2v) is 6.72. The number of nitrogens with one attached hydrogen (secondary N) is 1. The number of hydrogen-bond donors (Lipinski definition) is 2. The molecule has 1 saturated carbocycles. The van der Waals surface area contributed by atoms with Crippen molar-refractivity contribution in [3.05, 3.63) is 35.6 Å². The molecule has 0 bridgehead atoms. The maximum Gasteiger partial charge on any atom is 0.240 e. The minimum Gasteiger partial charge on any atom is -0.354 e. The molecule has 0 aliphatic heterocycles. The van der Waals surface area contributed by atoms with Gasteiger partial charge in [0, 0.05) is 18.1 Å². The summed E-state index contributed by atoms with van der Waals surface area (Å²) in [6, 6.07) is 6.79. The standard InChI is InChI=1S/C16H23FN2OS/c17-14-7-3-2-6-13(14)12-21-11-10-19-15(20)16(18)8-4-1-5-9-16/h2-3,6-7H,1,4-5,8-12,18H2,(H,19,20). The molecular weight excluding hydrogens is 287 g/mol. The molecule has 116 valence electrons. The van der Waals surface area contributed by atoms with Gasteiger partial charge < -0.3 is 11.1 Å². The average Bonchev–Trinajstić information content (AvgIpc) is 2.49. The molecule has 0 saturated heterocycles. The number of rotatable bonds is 6. The topological polar surface area (TPSA) is 55.1 Å². The molecule has 1 aliphatic rings. The molecule has 1 aliphatic carbocycles. The normalized spacial score (nSPS) is 17.4. The van der Waals surface area contributed by atoms with Crippen molar-refractivity contribution >= 4 is 17.7 Å². The Morgan fingerprint density at radius 3 is 2.71 bits per heavy atom. The van der Waals surface area contributed by atoms with Crippen LogP contribution in [-0.4, -0.2) is 23.7 Å². The van der Waals surface area contributed by atoms with E-state index >= 15 is 0 Å². The molecule has 1 fully saturated rings. The van der Waals surface area contributed by atoms with Gasteiger partial charge in [0.05, 0.1) is 5.54 Å². The Labute approximate surface area is 129 Å². The first-order chi connectivity index (χ1) is 10.1. The third-order valence-electron chi connectivity index (χ3n) is 3.95. The van der Waals surface area contributed by atoms with Crippen LogP contribution in [0.15, 0.2) is 24.3 Å². The van der Waals surface area contributed by atoms with E-state index in [1.807, 2.05) is 6.07 Å². The van der Waals surface area contributed by atoms with Gasteiger partial charge >= 0.3 is 0 Å². The highest BCUT2D eigenvalue weighted by atomic mass is 32.2. The number of carbonyl (C=O) groups is 1. The van der Waals surface area contributed by atoms with Crippen molar-refractivity contribution in [3.8, 4) is 0 Å². The molecule has 0 aromatic heterocycles. The van der Waals surface area contributed by atoms with E-state index < -0.39 is 5.54 Å². The van der Waals surface area contributed by atoms with Gasteiger partial charge in [-0.1, -0.05) is 37.5 Å². The largest absolute Gasteiger partial charge is 0.354 e. The minimum absolute atomic E-state index is 0.0336. The van der Waals surface area contributed by atoms with Crippen LogP contribution < -0.4 is 11.1 Å². The van der Waals surface area contributed by atoms with Gasteiger partial charge in [-0.3, -0.25) is 4.79 Å². The van der Waals surface area contributed by atoms with Crippen LogP contribution in [0.5, 0.6) is 0 Å². The number of nitrogens with two attached hydrogens (primary N) is 1. The van der Waals surface area contributed by atoms with Gasteiger partial charge in [-0.05, 0) is 24.5 Å². The smallest absolute Gasteiger partial charge is 0.240 e. The van der Waals surface area contributed by atoms with Crippen LogP contribution in [0.2, 0.25) is 0 Å². The number of amides is 1. The molecule has 0 radical (unpaired) electrons. The Bertz CT molecular complexity index is 475. The lowest BCUT2D eigenvalue weighted by molar-refractivity contribution is -0.127. The van der Waals surface area contributed by atoms with Crippen molar-refractivity contribution in [1.29, 1.82) is 0 Å². The summed E-state index contributed by atoms with van der Waals surface area (Å²) in [5, 5.41) is 2.92. The summed E-state index contributed by atoms with van der Waals surface area (Å²) < 4.78 is 13.4. The molecule has 21 heavy (non-hydrogen) atoms. The highest BCUT2D eigenvalue weighted by molar-refractivity contribution is 7.98. The van der Waals surface area contributed by atoms with Crippen molar-refractivity contribution < 1.29 is 9.18 Å². The van der Waals surface area contributed by atoms with E-state index in [1.165, 1.54) is 12.5 Å². The number of benzene rings is 1. The van der Waals surface area contributed by atoms with Gasteiger partial charge in [0.2, 0.25) is 5.91 Å². The van der Waals surface area contributed by atoms with Crippen LogP contribution in [0.25, 0.3) is 0 Å². The van der Waals surface area contributed by atoms with E-state index in [1.54, 1.807) is 23.9 Å². The van der Waals surface area contributed by atoms with Crippen molar-refractivity contribution in [1.82, 2.24) is 5.32 Å². The molecule has 0 spiro atoms. The molecule has 1 aromatic carbocycles. The highest BCUT2D eigenvalue weighted by Crippen LogP contribution is 2.25. The summed E-state index contributed by atoms with van der Waals surface area (Å²) in [7, 11) is 0. The summed E-state index contributed by atoms with van der Waals surface area (Å²) in [6.45, 7) is 0.580. The molecule has 1 amide bonds. The average molecular weight is 310 g/mol. The van der Waals surface area contributed by atoms with Gasteiger partial charge in [-0.2, -0.15) is 11.8 Å². The first-order valence-corrected chi connectivity index (χ1v) is 8.66. The predicted octanol–water partition coefficient (Wildman–Crippen LogP) is 2.84. The first-order valence-electron chi connectivity index (χ1n) is 7.50. The second kappa shape index (κ2) is 7.80. The van der Waals surface area contributed by atoms with E-state index in [0.717, 1.165) is 31.4 Å². The SMILES string of the molecule is NC1(C(=O)NCCSCc2ccccc2F)CCCCC1. The summed E-state index contributed by atoms with van der Waals surface area (Å²) in [4.78, 5) is 12.1. The fraction of sp³-hybridized carbons (Fsp3) is 0.562. The Morgan fingerprint density at radius 1 is 1.29 bits per heavy atom. The van der Waals surface area contributed by atoms with Gasteiger partial charge in [-0.25, -0.2) is 4.39 Å². The van der Waals surface area contributed by atoms with Crippen molar-refractivity contribution in [2.45, 2.75) is 43.4 Å². The first kappa shape index (κ1) is 16.3. The fourth-order valence-electron chi connectivity index (χ4n) is 2.62. The van der Waals surface area contributed by atoms with E-state index in [2.05, 4.69) is 5.32 Å². The minimum atomic E-state index is -0.672. The lowest BCUT2D eigenvalue weighted by atomic mass is 9.82. The van der Waals surface area contributed by atoms with E-state index in [4.69, 9.17) is 5.73 Å². The molecule has 3 nitrogen and oxygen atoms in total. The number of hydrogen-bond acceptors (Lipinski definition) is 3. The van der Waals surface area contributed by atoms with Crippen molar-refractivity contribution in [2.75, 3.05) is 12.3 Å². The van der Waals surface area contributed by atoms with Gasteiger partial charge in [0.15, 0.2) is 0 Å². The molecule has 1 aromatic rings. The highest BCUT2D eigenvalue weighted by Gasteiger charge is 2.34. The third kappa shape index (κ3) is 4.71. The Kier molecular flexibility index (Phi) is 6.06. The fourth-order valence-corrected chi connectivity index (χ4v) is 3.46. The zero-order chi connectivity index (χ0) is 15.1. The molecular formula is C16H23FN2OS. The lowest BCUT2D eigenvalue weighted by Crippen LogP contribution is -2.55. The second-order valence-electron chi connectivity index (χ2n) is 5.62. The van der Waals surface area contributed by atoms with Gasteiger partial charge in [0.25, 0.3) is 0 Å². The molecule has 0 atom stereocenters. The predicted molar refractivity (Wildman–Crippen MR) is 85.6 cm³/mol. The summed E-state index contributed by atoms with van der Waals surface area (Å²) in [5.74, 6) is 1.18. The van der Waals surface area contributed by atoms with Crippen LogP contribution in [0, 0.1) is 5.82 Å². The Balaban J connectivity index is 1.65. The maximum absolute atomic E-state index is 13.4. The maximum atomic E-state index is 13.4. The van der Waals surface area contributed by atoms with Gasteiger partial charge in [0.1, 0.15) is 5.82 Å². The molecule has 2 rings (SSSR count). The van der Waals surface area contributed by atoms with Crippen LogP contribution in [0.1, 0.15) is 37.7 Å². The molecule has 5 heteroatoms. The number of carbonyl (C=O) groups excluding carboxylic acids is 1. The van der Waals surface area contributed by atoms with Crippen molar-refractivity contribution in [3.63, 3.8) is 0 Å². The number of halogens is 1. The van der Waals surface area contributed by atoms with E-state index in [0.29, 0.717) is 17.9 Å². The van der Waals surface area contributed by atoms with Crippen LogP contribution in [0.3, 0.4) is 0 Å². The third-order valence-corrected chi connectivity index (χ3v) is 4.95. The number of thioether (sulfide) groups is 1. The molecule has 0 unspecified atom stereocenters. The van der Waals surface area contributed by atoms with E-state index in [-0.39, 0.29) is 11.7 Å². The molecule has 0 heterocycles. The summed E-state index contributed by atoms with van der Waals surface area (Å²) in [5.41, 5.74) is 6.19. The summed E-state index contributed by atoms with van der Waals surface area (Å²) in [6.07, 6.45) is 4.80. The summed E-state index contributed by atoms with van der Waals surface area (Å²) >= 11 is 1.61. The lowest BCUT2D eigenvalue weighted by Gasteiger charge is -2.31.